The maximum Gasteiger partial charge on any atom is 0.191 e. The minimum Gasteiger partial charge on any atom is -0.508 e. The fourth-order valence-electron chi connectivity index (χ4n) is 3.25. The lowest BCUT2D eigenvalue weighted by Crippen LogP contribution is -2.45. The van der Waals surface area contributed by atoms with Crippen LogP contribution in [0.25, 0.3) is 0 Å². The topological polar surface area (TPSA) is 59.9 Å². The summed E-state index contributed by atoms with van der Waals surface area (Å²) in [5.74, 6) is 1.15. The van der Waals surface area contributed by atoms with Gasteiger partial charge in [0.15, 0.2) is 5.96 Å². The highest BCUT2D eigenvalue weighted by Crippen LogP contribution is 2.18. The van der Waals surface area contributed by atoms with Crippen LogP contribution >= 0.6 is 0 Å². The molecule has 1 heterocycles. The number of aromatic hydroxyl groups is 1. The molecule has 1 atom stereocenters. The summed E-state index contributed by atoms with van der Waals surface area (Å²) in [4.78, 5) is 7.24. The monoisotopic (exact) mass is 332 g/mol. The quantitative estimate of drug-likeness (QED) is 0.531. The number of guanidine groups is 1. The smallest absolute Gasteiger partial charge is 0.191 e. The third kappa shape index (κ3) is 6.04. The van der Waals surface area contributed by atoms with E-state index in [-0.39, 0.29) is 0 Å². The molecule has 0 spiro atoms. The van der Waals surface area contributed by atoms with Gasteiger partial charge in [-0.25, -0.2) is 4.99 Å². The first-order valence-electron chi connectivity index (χ1n) is 9.27. The van der Waals surface area contributed by atoms with Gasteiger partial charge in [0.25, 0.3) is 0 Å². The van der Waals surface area contributed by atoms with E-state index in [0.29, 0.717) is 12.3 Å². The number of likely N-dealkylation sites (tertiary alicyclic amines) is 1. The Morgan fingerprint density at radius 3 is 2.71 bits per heavy atom. The van der Waals surface area contributed by atoms with Crippen molar-refractivity contribution >= 4 is 5.96 Å². The van der Waals surface area contributed by atoms with Crippen molar-refractivity contribution in [3.8, 4) is 5.75 Å². The minimum absolute atomic E-state index is 0.291. The van der Waals surface area contributed by atoms with Crippen LogP contribution in [0, 0.1) is 0 Å². The summed E-state index contributed by atoms with van der Waals surface area (Å²) in [6.45, 7) is 9.04. The first-order valence-corrected chi connectivity index (χ1v) is 9.27. The normalized spacial score (nSPS) is 19.2. The summed E-state index contributed by atoms with van der Waals surface area (Å²) in [7, 11) is 0. The average molecular weight is 332 g/mol. The molecule has 1 saturated heterocycles. The highest BCUT2D eigenvalue weighted by molar-refractivity contribution is 5.79. The van der Waals surface area contributed by atoms with Crippen molar-refractivity contribution in [3.63, 3.8) is 0 Å². The van der Waals surface area contributed by atoms with Crippen molar-refractivity contribution in [2.45, 2.75) is 52.1 Å². The first-order chi connectivity index (χ1) is 11.7. The molecule has 1 aromatic carbocycles. The minimum atomic E-state index is 0.291. The van der Waals surface area contributed by atoms with E-state index in [2.05, 4.69) is 34.4 Å². The van der Waals surface area contributed by atoms with E-state index in [4.69, 9.17) is 0 Å². The summed E-state index contributed by atoms with van der Waals surface area (Å²) < 4.78 is 0. The predicted molar refractivity (Wildman–Crippen MR) is 100 cm³/mol. The molecule has 1 aliphatic rings. The van der Waals surface area contributed by atoms with E-state index in [1.165, 1.54) is 32.2 Å². The number of rotatable bonds is 7. The van der Waals surface area contributed by atoms with E-state index >= 15 is 0 Å². The fourth-order valence-corrected chi connectivity index (χ4v) is 3.25. The molecule has 134 valence electrons. The molecule has 0 aromatic heterocycles. The fraction of sp³-hybridized carbons (Fsp3) is 0.632. The number of aliphatic imine (C=N–C) groups is 1. The number of hydrogen-bond acceptors (Lipinski definition) is 3. The van der Waals surface area contributed by atoms with Crippen molar-refractivity contribution < 1.29 is 5.11 Å². The molecule has 0 aliphatic carbocycles. The van der Waals surface area contributed by atoms with Crippen LogP contribution < -0.4 is 10.6 Å². The summed E-state index contributed by atoms with van der Waals surface area (Å²) in [6.07, 6.45) is 5.28. The molecule has 0 bridgehead atoms. The highest BCUT2D eigenvalue weighted by atomic mass is 16.3. The molecule has 3 N–H and O–H groups in total. The zero-order valence-corrected chi connectivity index (χ0v) is 15.1. The molecule has 1 fully saturated rings. The lowest BCUT2D eigenvalue weighted by molar-refractivity contribution is 0.147. The van der Waals surface area contributed by atoms with E-state index in [1.807, 2.05) is 12.1 Å². The Morgan fingerprint density at radius 2 is 2.00 bits per heavy atom. The van der Waals surface area contributed by atoms with Gasteiger partial charge in [0.1, 0.15) is 5.75 Å². The van der Waals surface area contributed by atoms with Gasteiger partial charge < -0.3 is 15.7 Å². The third-order valence-corrected chi connectivity index (χ3v) is 4.61. The van der Waals surface area contributed by atoms with Crippen LogP contribution in [-0.4, -0.2) is 48.2 Å². The Bertz CT molecular complexity index is 501. The Hall–Kier alpha value is -1.75. The predicted octanol–water partition coefficient (Wildman–Crippen LogP) is 2.71. The molecular formula is C19H32N4O. The number of benzene rings is 1. The zero-order chi connectivity index (χ0) is 17.2. The van der Waals surface area contributed by atoms with Crippen molar-refractivity contribution in [2.75, 3.05) is 26.2 Å². The second-order valence-electron chi connectivity index (χ2n) is 6.38. The van der Waals surface area contributed by atoms with E-state index in [0.717, 1.165) is 37.2 Å². The SMILES string of the molecule is CCNC(=NCc1ccc(O)cc1)NCCN1CCCCC1CC. The summed E-state index contributed by atoms with van der Waals surface area (Å²) in [6, 6.07) is 7.96. The largest absolute Gasteiger partial charge is 0.508 e. The number of phenolic OH excluding ortho intramolecular Hbond substituents is 1. The molecule has 5 heteroatoms. The van der Waals surface area contributed by atoms with E-state index in [1.54, 1.807) is 12.1 Å². The number of nitrogens with one attached hydrogen (secondary N) is 2. The Balaban J connectivity index is 1.81. The molecule has 0 radical (unpaired) electrons. The number of phenols is 1. The molecule has 24 heavy (non-hydrogen) atoms. The van der Waals surface area contributed by atoms with Gasteiger partial charge >= 0.3 is 0 Å². The Morgan fingerprint density at radius 1 is 1.21 bits per heavy atom. The number of hydrogen-bond donors (Lipinski definition) is 3. The average Bonchev–Trinajstić information content (AvgIpc) is 2.61. The van der Waals surface area contributed by atoms with Crippen LogP contribution in [0.1, 0.15) is 45.1 Å². The van der Waals surface area contributed by atoms with Crippen LogP contribution in [-0.2, 0) is 6.54 Å². The van der Waals surface area contributed by atoms with Crippen molar-refractivity contribution in [1.82, 2.24) is 15.5 Å². The van der Waals surface area contributed by atoms with E-state index in [9.17, 15) is 5.11 Å². The van der Waals surface area contributed by atoms with Crippen LogP contribution in [0.2, 0.25) is 0 Å². The van der Waals surface area contributed by atoms with Crippen molar-refractivity contribution in [2.24, 2.45) is 4.99 Å². The van der Waals surface area contributed by atoms with Crippen LogP contribution in [0.15, 0.2) is 29.3 Å². The molecule has 0 saturated carbocycles. The zero-order valence-electron chi connectivity index (χ0n) is 15.1. The summed E-state index contributed by atoms with van der Waals surface area (Å²) >= 11 is 0. The van der Waals surface area contributed by atoms with Crippen LogP contribution in [0.3, 0.4) is 0 Å². The number of nitrogens with zero attached hydrogens (tertiary/aromatic N) is 2. The van der Waals surface area contributed by atoms with Gasteiger partial charge in [0.05, 0.1) is 6.54 Å². The molecule has 1 aromatic rings. The molecule has 5 nitrogen and oxygen atoms in total. The van der Waals surface area contributed by atoms with Gasteiger partial charge in [-0.2, -0.15) is 0 Å². The van der Waals surface area contributed by atoms with Crippen molar-refractivity contribution in [1.29, 1.82) is 0 Å². The Kier molecular flexibility index (Phi) is 7.89. The van der Waals surface area contributed by atoms with Crippen LogP contribution in [0.4, 0.5) is 0 Å². The highest BCUT2D eigenvalue weighted by Gasteiger charge is 2.19. The first kappa shape index (κ1) is 18.6. The lowest BCUT2D eigenvalue weighted by Gasteiger charge is -2.35. The summed E-state index contributed by atoms with van der Waals surface area (Å²) in [5, 5.41) is 16.1. The molecule has 1 aliphatic heterocycles. The second kappa shape index (κ2) is 10.2. The second-order valence-corrected chi connectivity index (χ2v) is 6.38. The summed E-state index contributed by atoms with van der Waals surface area (Å²) in [5.41, 5.74) is 1.09. The van der Waals surface area contributed by atoms with Gasteiger partial charge in [-0.15, -0.1) is 0 Å². The number of piperidine rings is 1. The van der Waals surface area contributed by atoms with Gasteiger partial charge in [0.2, 0.25) is 0 Å². The third-order valence-electron chi connectivity index (χ3n) is 4.61. The van der Waals surface area contributed by atoms with Gasteiger partial charge in [-0.05, 0) is 50.4 Å². The van der Waals surface area contributed by atoms with Gasteiger partial charge in [-0.1, -0.05) is 25.5 Å². The maximum atomic E-state index is 9.33. The maximum absolute atomic E-state index is 9.33. The standard InChI is InChI=1S/C19H32N4O/c1-3-17-7-5-6-13-23(17)14-12-21-19(20-4-2)22-15-16-8-10-18(24)11-9-16/h8-11,17,24H,3-7,12-15H2,1-2H3,(H2,20,21,22). The molecule has 1 unspecified atom stereocenters. The van der Waals surface area contributed by atoms with Gasteiger partial charge in [0, 0.05) is 25.7 Å². The lowest BCUT2D eigenvalue weighted by atomic mass is 10.0. The molecule has 2 rings (SSSR count). The molecular weight excluding hydrogens is 300 g/mol. The van der Waals surface area contributed by atoms with E-state index < -0.39 is 0 Å². The van der Waals surface area contributed by atoms with Crippen molar-refractivity contribution in [3.05, 3.63) is 29.8 Å². The molecule has 0 amide bonds. The van der Waals surface area contributed by atoms with Gasteiger partial charge in [-0.3, -0.25) is 4.90 Å². The Labute approximate surface area is 146 Å². The van der Waals surface area contributed by atoms with Crippen LogP contribution in [0.5, 0.6) is 5.75 Å².